The maximum absolute atomic E-state index is 5.85. The molecule has 2 aromatic rings. The zero-order chi connectivity index (χ0) is 14.5. The van der Waals surface area contributed by atoms with Gasteiger partial charge in [-0.05, 0) is 48.7 Å². The van der Waals surface area contributed by atoms with Crippen LogP contribution in [-0.4, -0.2) is 29.1 Å². The highest BCUT2D eigenvalue weighted by atomic mass is 35.5. The van der Waals surface area contributed by atoms with Crippen LogP contribution in [0.1, 0.15) is 24.3 Å². The molecule has 21 heavy (non-hydrogen) atoms. The molecule has 1 fully saturated rings. The molecule has 2 aromatic heterocycles. The highest BCUT2D eigenvalue weighted by Crippen LogP contribution is 2.19. The fourth-order valence-electron chi connectivity index (χ4n) is 2.64. The Bertz CT molecular complexity index is 552. The zero-order valence-corrected chi connectivity index (χ0v) is 12.6. The third kappa shape index (κ3) is 4.30. The van der Waals surface area contributed by atoms with E-state index in [0.717, 1.165) is 44.0 Å². The van der Waals surface area contributed by atoms with Gasteiger partial charge < -0.3 is 9.15 Å². The van der Waals surface area contributed by atoms with Crippen LogP contribution in [0.2, 0.25) is 5.22 Å². The van der Waals surface area contributed by atoms with Crippen molar-refractivity contribution in [2.75, 3.05) is 13.2 Å². The Hall–Kier alpha value is -1.36. The lowest BCUT2D eigenvalue weighted by Crippen LogP contribution is -2.31. The fourth-order valence-corrected chi connectivity index (χ4v) is 2.80. The summed E-state index contributed by atoms with van der Waals surface area (Å²) in [5.41, 5.74) is 1.05. The van der Waals surface area contributed by atoms with Crippen LogP contribution in [-0.2, 0) is 17.8 Å². The maximum atomic E-state index is 5.85. The van der Waals surface area contributed by atoms with E-state index in [-0.39, 0.29) is 0 Å². The summed E-state index contributed by atoms with van der Waals surface area (Å²) in [5, 5.41) is 0.430. The van der Waals surface area contributed by atoms with E-state index in [9.17, 15) is 0 Å². The summed E-state index contributed by atoms with van der Waals surface area (Å²) in [6.07, 6.45) is 4.40. The molecule has 3 rings (SSSR count). The number of nitrogens with zero attached hydrogens (tertiary/aromatic N) is 2. The molecule has 112 valence electrons. The van der Waals surface area contributed by atoms with Gasteiger partial charge in [-0.1, -0.05) is 6.07 Å². The Morgan fingerprint density at radius 1 is 1.24 bits per heavy atom. The highest BCUT2D eigenvalue weighted by molar-refractivity contribution is 6.28. The van der Waals surface area contributed by atoms with Gasteiger partial charge in [0.2, 0.25) is 0 Å². The van der Waals surface area contributed by atoms with Gasteiger partial charge >= 0.3 is 0 Å². The van der Waals surface area contributed by atoms with E-state index < -0.39 is 0 Å². The van der Waals surface area contributed by atoms with Gasteiger partial charge in [-0.15, -0.1) is 0 Å². The van der Waals surface area contributed by atoms with Crippen molar-refractivity contribution in [2.24, 2.45) is 0 Å². The average molecular weight is 307 g/mol. The minimum Gasteiger partial charge on any atom is -0.448 e. The highest BCUT2D eigenvalue weighted by Gasteiger charge is 2.20. The Labute approximate surface area is 129 Å². The summed E-state index contributed by atoms with van der Waals surface area (Å²) in [6, 6.07) is 9.68. The third-order valence-electron chi connectivity index (χ3n) is 3.61. The molecule has 0 N–H and O–H groups in total. The Balaban J connectivity index is 1.67. The van der Waals surface area contributed by atoms with Crippen LogP contribution in [0.25, 0.3) is 0 Å². The predicted molar refractivity (Wildman–Crippen MR) is 81.0 cm³/mol. The normalized spacial score (nSPS) is 18.5. The smallest absolute Gasteiger partial charge is 0.193 e. The van der Waals surface area contributed by atoms with Crippen molar-refractivity contribution in [3.8, 4) is 0 Å². The largest absolute Gasteiger partial charge is 0.448 e. The summed E-state index contributed by atoms with van der Waals surface area (Å²) in [4.78, 5) is 6.70. The Morgan fingerprint density at radius 3 is 2.86 bits per heavy atom. The molecule has 0 aromatic carbocycles. The van der Waals surface area contributed by atoms with Gasteiger partial charge in [-0.2, -0.15) is 0 Å². The molecule has 0 aliphatic carbocycles. The molecule has 0 spiro atoms. The van der Waals surface area contributed by atoms with Gasteiger partial charge in [0, 0.05) is 25.9 Å². The van der Waals surface area contributed by atoms with Crippen LogP contribution in [0, 0.1) is 0 Å². The lowest BCUT2D eigenvalue weighted by Gasteiger charge is -2.23. The SMILES string of the molecule is Clc1ccc(CN(Cc2ccccn2)CC2CCCO2)o1. The van der Waals surface area contributed by atoms with Gasteiger partial charge in [0.25, 0.3) is 0 Å². The summed E-state index contributed by atoms with van der Waals surface area (Å²) < 4.78 is 11.2. The summed E-state index contributed by atoms with van der Waals surface area (Å²) in [6.45, 7) is 3.24. The van der Waals surface area contributed by atoms with Crippen LogP contribution in [0.4, 0.5) is 0 Å². The quantitative estimate of drug-likeness (QED) is 0.818. The third-order valence-corrected chi connectivity index (χ3v) is 3.81. The van der Waals surface area contributed by atoms with Crippen molar-refractivity contribution in [1.29, 1.82) is 0 Å². The molecule has 0 amide bonds. The molecule has 0 saturated carbocycles. The average Bonchev–Trinajstić information content (AvgIpc) is 3.12. The molecule has 4 nitrogen and oxygen atoms in total. The number of ether oxygens (including phenoxy) is 1. The van der Waals surface area contributed by atoms with Crippen molar-refractivity contribution < 1.29 is 9.15 Å². The molecule has 1 unspecified atom stereocenters. The maximum Gasteiger partial charge on any atom is 0.193 e. The van der Waals surface area contributed by atoms with Crippen molar-refractivity contribution in [3.63, 3.8) is 0 Å². The minimum atomic E-state index is 0.305. The van der Waals surface area contributed by atoms with Crippen LogP contribution < -0.4 is 0 Å². The van der Waals surface area contributed by atoms with Crippen molar-refractivity contribution in [3.05, 3.63) is 53.2 Å². The lowest BCUT2D eigenvalue weighted by molar-refractivity contribution is 0.0651. The molecule has 0 bridgehead atoms. The number of furan rings is 1. The lowest BCUT2D eigenvalue weighted by atomic mass is 10.2. The standard InChI is InChI=1S/C16H19ClN2O2/c17-16-7-6-15(21-16)12-19(11-14-5-3-9-20-14)10-13-4-1-2-8-18-13/h1-2,4,6-8,14H,3,5,9-12H2. The van der Waals surface area contributed by atoms with Gasteiger partial charge in [0.1, 0.15) is 5.76 Å². The topological polar surface area (TPSA) is 38.5 Å². The summed E-state index contributed by atoms with van der Waals surface area (Å²) >= 11 is 5.85. The first kappa shape index (κ1) is 14.6. The Morgan fingerprint density at radius 2 is 2.19 bits per heavy atom. The second-order valence-corrected chi connectivity index (χ2v) is 5.70. The van der Waals surface area contributed by atoms with Crippen LogP contribution in [0.3, 0.4) is 0 Å². The zero-order valence-electron chi connectivity index (χ0n) is 11.9. The molecule has 1 atom stereocenters. The molecule has 1 aliphatic heterocycles. The fraction of sp³-hybridized carbons (Fsp3) is 0.438. The van der Waals surface area contributed by atoms with E-state index in [1.54, 1.807) is 6.07 Å². The van der Waals surface area contributed by atoms with Crippen LogP contribution >= 0.6 is 11.6 Å². The van der Waals surface area contributed by atoms with Gasteiger partial charge in [-0.25, -0.2) is 0 Å². The molecule has 3 heterocycles. The minimum absolute atomic E-state index is 0.305. The van der Waals surface area contributed by atoms with Gasteiger partial charge in [0.05, 0.1) is 18.3 Å². The van der Waals surface area contributed by atoms with Gasteiger partial charge in [-0.3, -0.25) is 9.88 Å². The summed E-state index contributed by atoms with van der Waals surface area (Å²) in [7, 11) is 0. The van der Waals surface area contributed by atoms with Crippen LogP contribution in [0.15, 0.2) is 40.9 Å². The van der Waals surface area contributed by atoms with Gasteiger partial charge in [0.15, 0.2) is 5.22 Å². The molecular formula is C16H19ClN2O2. The van der Waals surface area contributed by atoms with E-state index in [4.69, 9.17) is 20.8 Å². The number of hydrogen-bond acceptors (Lipinski definition) is 4. The first-order valence-electron chi connectivity index (χ1n) is 7.28. The predicted octanol–water partition coefficient (Wildman–Crippen LogP) is 3.51. The van der Waals surface area contributed by atoms with E-state index in [2.05, 4.69) is 9.88 Å². The second-order valence-electron chi connectivity index (χ2n) is 5.33. The van der Waals surface area contributed by atoms with E-state index in [0.29, 0.717) is 17.9 Å². The molecule has 1 aliphatic rings. The number of halogens is 1. The van der Waals surface area contributed by atoms with Crippen LogP contribution in [0.5, 0.6) is 0 Å². The monoisotopic (exact) mass is 306 g/mol. The van der Waals surface area contributed by atoms with Crippen molar-refractivity contribution in [2.45, 2.75) is 32.0 Å². The van der Waals surface area contributed by atoms with E-state index in [1.165, 1.54) is 0 Å². The number of pyridine rings is 1. The molecule has 5 heteroatoms. The van der Waals surface area contributed by atoms with Crippen molar-refractivity contribution in [1.82, 2.24) is 9.88 Å². The summed E-state index contributed by atoms with van der Waals surface area (Å²) in [5.74, 6) is 0.869. The number of rotatable bonds is 6. The first-order valence-corrected chi connectivity index (χ1v) is 7.65. The molecular weight excluding hydrogens is 288 g/mol. The number of aromatic nitrogens is 1. The van der Waals surface area contributed by atoms with Crippen molar-refractivity contribution >= 4 is 11.6 Å². The molecule has 1 saturated heterocycles. The second kappa shape index (κ2) is 7.07. The van der Waals surface area contributed by atoms with E-state index >= 15 is 0 Å². The van der Waals surface area contributed by atoms with E-state index in [1.807, 2.05) is 30.5 Å². The first-order chi connectivity index (χ1) is 10.3. The Kier molecular flexibility index (Phi) is 4.91. The number of hydrogen-bond donors (Lipinski definition) is 0. The molecule has 0 radical (unpaired) electrons.